The normalized spacial score (nSPS) is 21.1. The first-order chi connectivity index (χ1) is 6.61. The quantitative estimate of drug-likeness (QED) is 0.643. The summed E-state index contributed by atoms with van der Waals surface area (Å²) < 4.78 is 28.5. The number of aryl methyl sites for hydroxylation is 2. The lowest BCUT2D eigenvalue weighted by Crippen LogP contribution is -2.21. The minimum absolute atomic E-state index is 0.0113. The number of hydrogen-bond donors (Lipinski definition) is 0. The number of rotatable bonds is 0. The zero-order chi connectivity index (χ0) is 10.2. The minimum Gasteiger partial charge on any atom is -0.246 e. The summed E-state index contributed by atoms with van der Waals surface area (Å²) in [5.41, 5.74) is 0.481. The second-order valence-corrected chi connectivity index (χ2v) is 3.77. The number of fused-ring (bicyclic) bond motifs is 1. The van der Waals surface area contributed by atoms with Crippen LogP contribution in [0.2, 0.25) is 0 Å². The van der Waals surface area contributed by atoms with Gasteiger partial charge in [0.15, 0.2) is 0 Å². The van der Waals surface area contributed by atoms with E-state index >= 15 is 0 Å². The molecule has 0 atom stereocenters. The Morgan fingerprint density at radius 3 is 2.86 bits per heavy atom. The van der Waals surface area contributed by atoms with Crippen molar-refractivity contribution in [3.8, 4) is 0 Å². The zero-order valence-electron chi connectivity index (χ0n) is 8.13. The monoisotopic (exact) mass is 201 g/mol. The number of nitrogens with zero attached hydrogens (tertiary/aromatic N) is 3. The summed E-state index contributed by atoms with van der Waals surface area (Å²) in [4.78, 5) is 0. The number of alkyl halides is 2. The standard InChI is InChI=1S/C9H13F2N3/c1-14-8-7(12-13-14)5-3-2-4-6-9(8,10)11/h2-6H2,1H3. The molecule has 0 spiro atoms. The lowest BCUT2D eigenvalue weighted by molar-refractivity contribution is -0.0259. The van der Waals surface area contributed by atoms with Crippen molar-refractivity contribution in [2.45, 2.75) is 38.0 Å². The van der Waals surface area contributed by atoms with Gasteiger partial charge < -0.3 is 0 Å². The summed E-state index contributed by atoms with van der Waals surface area (Å²) >= 11 is 0. The fourth-order valence-electron chi connectivity index (χ4n) is 1.95. The fraction of sp³-hybridized carbons (Fsp3) is 0.778. The predicted octanol–water partition coefficient (Wildman–Crippen LogP) is 2.02. The van der Waals surface area contributed by atoms with Crippen molar-refractivity contribution in [3.63, 3.8) is 0 Å². The fourth-order valence-corrected chi connectivity index (χ4v) is 1.95. The SMILES string of the molecule is Cn1nnc2c1C(F)(F)CCCCC2. The van der Waals surface area contributed by atoms with Gasteiger partial charge >= 0.3 is 0 Å². The largest absolute Gasteiger partial charge is 0.291 e. The summed E-state index contributed by atoms with van der Waals surface area (Å²) in [6, 6.07) is 0. The van der Waals surface area contributed by atoms with Crippen molar-refractivity contribution < 1.29 is 8.78 Å². The van der Waals surface area contributed by atoms with Gasteiger partial charge in [-0.25, -0.2) is 4.68 Å². The Hall–Kier alpha value is -1.00. The molecule has 1 aromatic rings. The van der Waals surface area contributed by atoms with Gasteiger partial charge in [-0.1, -0.05) is 11.6 Å². The lowest BCUT2D eigenvalue weighted by Gasteiger charge is -2.19. The predicted molar refractivity (Wildman–Crippen MR) is 47.1 cm³/mol. The highest BCUT2D eigenvalue weighted by molar-refractivity contribution is 5.17. The van der Waals surface area contributed by atoms with Crippen LogP contribution in [0.4, 0.5) is 8.78 Å². The van der Waals surface area contributed by atoms with Crippen molar-refractivity contribution in [1.82, 2.24) is 15.0 Å². The van der Waals surface area contributed by atoms with E-state index in [-0.39, 0.29) is 12.1 Å². The average Bonchev–Trinajstić information content (AvgIpc) is 2.44. The maximum atomic E-state index is 13.6. The molecule has 1 aliphatic carbocycles. The average molecular weight is 201 g/mol. The first-order valence-electron chi connectivity index (χ1n) is 4.88. The highest BCUT2D eigenvalue weighted by Crippen LogP contribution is 2.36. The Balaban J connectivity index is 2.45. The van der Waals surface area contributed by atoms with Crippen molar-refractivity contribution in [3.05, 3.63) is 11.4 Å². The molecule has 0 bridgehead atoms. The van der Waals surface area contributed by atoms with Crippen LogP contribution in [0.3, 0.4) is 0 Å². The summed E-state index contributed by atoms with van der Waals surface area (Å²) in [5, 5.41) is 7.45. The molecule has 1 aromatic heterocycles. The molecular formula is C9H13F2N3. The summed E-state index contributed by atoms with van der Waals surface area (Å²) in [5.74, 6) is -2.76. The molecule has 3 nitrogen and oxygen atoms in total. The summed E-state index contributed by atoms with van der Waals surface area (Å²) in [6.07, 6.45) is 2.91. The molecule has 0 aromatic carbocycles. The molecule has 0 saturated carbocycles. The van der Waals surface area contributed by atoms with Crippen LogP contribution in [-0.2, 0) is 19.4 Å². The van der Waals surface area contributed by atoms with Gasteiger partial charge in [0.25, 0.3) is 5.92 Å². The smallest absolute Gasteiger partial charge is 0.246 e. The topological polar surface area (TPSA) is 30.7 Å². The van der Waals surface area contributed by atoms with Gasteiger partial charge in [-0.3, -0.25) is 0 Å². The Labute approximate surface area is 81.1 Å². The molecule has 0 radical (unpaired) electrons. The van der Waals surface area contributed by atoms with Gasteiger partial charge in [0.2, 0.25) is 0 Å². The highest BCUT2D eigenvalue weighted by atomic mass is 19.3. The number of hydrogen-bond acceptors (Lipinski definition) is 2. The van der Waals surface area contributed by atoms with Crippen molar-refractivity contribution in [2.75, 3.05) is 0 Å². The van der Waals surface area contributed by atoms with E-state index in [2.05, 4.69) is 10.3 Å². The van der Waals surface area contributed by atoms with Gasteiger partial charge in [0.1, 0.15) is 5.69 Å². The van der Waals surface area contributed by atoms with E-state index < -0.39 is 5.92 Å². The van der Waals surface area contributed by atoms with Crippen LogP contribution in [0.15, 0.2) is 0 Å². The lowest BCUT2D eigenvalue weighted by atomic mass is 9.98. The molecule has 5 heteroatoms. The van der Waals surface area contributed by atoms with E-state index in [0.717, 1.165) is 12.8 Å². The molecule has 0 saturated heterocycles. The van der Waals surface area contributed by atoms with Gasteiger partial charge in [-0.05, 0) is 19.3 Å². The van der Waals surface area contributed by atoms with Gasteiger partial charge in [0, 0.05) is 13.5 Å². The van der Waals surface area contributed by atoms with Crippen molar-refractivity contribution in [1.29, 1.82) is 0 Å². The van der Waals surface area contributed by atoms with Crippen molar-refractivity contribution >= 4 is 0 Å². The summed E-state index contributed by atoms with van der Waals surface area (Å²) in [6.45, 7) is 0. The molecule has 0 N–H and O–H groups in total. The Morgan fingerprint density at radius 1 is 1.29 bits per heavy atom. The van der Waals surface area contributed by atoms with Gasteiger partial charge in [-0.2, -0.15) is 8.78 Å². The molecular weight excluding hydrogens is 188 g/mol. The zero-order valence-corrected chi connectivity index (χ0v) is 8.13. The summed E-state index contributed by atoms with van der Waals surface area (Å²) in [7, 11) is 1.53. The second-order valence-electron chi connectivity index (χ2n) is 3.77. The third kappa shape index (κ3) is 1.51. The van der Waals surface area contributed by atoms with Crippen LogP contribution < -0.4 is 0 Å². The molecule has 1 heterocycles. The third-order valence-corrected chi connectivity index (χ3v) is 2.65. The number of aromatic nitrogens is 3. The molecule has 1 aliphatic rings. The second kappa shape index (κ2) is 3.29. The van der Waals surface area contributed by atoms with E-state index in [1.807, 2.05) is 0 Å². The molecule has 14 heavy (non-hydrogen) atoms. The molecule has 78 valence electrons. The van der Waals surface area contributed by atoms with Gasteiger partial charge in [-0.15, -0.1) is 5.10 Å². The number of halogens is 2. The van der Waals surface area contributed by atoms with E-state index in [4.69, 9.17) is 0 Å². The maximum absolute atomic E-state index is 13.6. The van der Waals surface area contributed by atoms with Gasteiger partial charge in [0.05, 0.1) is 5.69 Å². The van der Waals surface area contributed by atoms with E-state index in [0.29, 0.717) is 18.5 Å². The van der Waals surface area contributed by atoms with Crippen LogP contribution in [0.1, 0.15) is 37.1 Å². The van der Waals surface area contributed by atoms with Crippen LogP contribution in [0, 0.1) is 0 Å². The third-order valence-electron chi connectivity index (χ3n) is 2.65. The van der Waals surface area contributed by atoms with E-state index in [9.17, 15) is 8.78 Å². The molecule has 0 aliphatic heterocycles. The highest BCUT2D eigenvalue weighted by Gasteiger charge is 2.38. The van der Waals surface area contributed by atoms with E-state index in [1.54, 1.807) is 0 Å². The van der Waals surface area contributed by atoms with E-state index in [1.165, 1.54) is 11.7 Å². The molecule has 0 unspecified atom stereocenters. The Morgan fingerprint density at radius 2 is 2.07 bits per heavy atom. The Bertz CT molecular complexity index is 333. The maximum Gasteiger partial charge on any atom is 0.291 e. The van der Waals surface area contributed by atoms with Crippen LogP contribution in [-0.4, -0.2) is 15.0 Å². The Kier molecular flexibility index (Phi) is 2.25. The first kappa shape index (κ1) is 9.55. The molecule has 0 fully saturated rings. The molecule has 2 rings (SSSR count). The van der Waals surface area contributed by atoms with Crippen LogP contribution >= 0.6 is 0 Å². The van der Waals surface area contributed by atoms with Crippen LogP contribution in [0.25, 0.3) is 0 Å². The first-order valence-corrected chi connectivity index (χ1v) is 4.88. The molecule has 0 amide bonds. The van der Waals surface area contributed by atoms with Crippen molar-refractivity contribution in [2.24, 2.45) is 7.05 Å². The minimum atomic E-state index is -2.76. The van der Waals surface area contributed by atoms with Crippen LogP contribution in [0.5, 0.6) is 0 Å².